The number of carbonyl (C=O) groups excluding carboxylic acids is 1. The van der Waals surface area contributed by atoms with Crippen molar-refractivity contribution >= 4 is 5.97 Å². The molecule has 6 heteroatoms. The second-order valence-corrected chi connectivity index (χ2v) is 3.13. The molecule has 0 spiro atoms. The van der Waals surface area contributed by atoms with E-state index in [1.165, 1.54) is 0 Å². The minimum absolute atomic E-state index is 0. The first-order chi connectivity index (χ1) is 5.42. The van der Waals surface area contributed by atoms with Crippen LogP contribution in [0, 0.1) is 0 Å². The summed E-state index contributed by atoms with van der Waals surface area (Å²) in [7, 11) is 0. The number of carbonyl (C=O) groups is 1. The molecule has 1 N–H and O–H groups in total. The van der Waals surface area contributed by atoms with Crippen molar-refractivity contribution in [2.24, 2.45) is 0 Å². The van der Waals surface area contributed by atoms with Crippen molar-refractivity contribution in [2.75, 3.05) is 6.61 Å². The number of carboxylic acid groups (broad SMARTS) is 1. The molecule has 0 bridgehead atoms. The van der Waals surface area contributed by atoms with Gasteiger partial charge in [-0.05, 0) is 13.8 Å². The molecule has 13 heavy (non-hydrogen) atoms. The van der Waals surface area contributed by atoms with E-state index in [1.54, 1.807) is 13.8 Å². The number of carboxylic acids is 1. The maximum atomic E-state index is 10.2. The van der Waals surface area contributed by atoms with Gasteiger partial charge in [0.15, 0.2) is 5.79 Å². The van der Waals surface area contributed by atoms with E-state index in [1.807, 2.05) is 0 Å². The molecule has 1 aliphatic heterocycles. The number of aliphatic hydroxyl groups is 1. The minimum Gasteiger partial charge on any atom is -0.547 e. The quantitative estimate of drug-likeness (QED) is 0.467. The zero-order valence-electron chi connectivity index (χ0n) is 7.94. The van der Waals surface area contributed by atoms with E-state index in [9.17, 15) is 9.90 Å². The monoisotopic (exact) mass is 214 g/mol. The maximum absolute atomic E-state index is 10.2. The summed E-state index contributed by atoms with van der Waals surface area (Å²) in [6.45, 7) is 3.37. The summed E-state index contributed by atoms with van der Waals surface area (Å²) in [6, 6.07) is 0. The van der Waals surface area contributed by atoms with Gasteiger partial charge in [-0.25, -0.2) is 0 Å². The molecule has 0 aromatic carbocycles. The van der Waals surface area contributed by atoms with Crippen molar-refractivity contribution in [2.45, 2.75) is 31.8 Å². The van der Waals surface area contributed by atoms with Crippen LogP contribution in [0.5, 0.6) is 0 Å². The first-order valence-electron chi connectivity index (χ1n) is 3.63. The molecule has 2 atom stereocenters. The largest absolute Gasteiger partial charge is 1.00 e. The van der Waals surface area contributed by atoms with Crippen molar-refractivity contribution < 1.29 is 75.9 Å². The molecule has 0 amide bonds. The van der Waals surface area contributed by atoms with Crippen molar-refractivity contribution in [1.82, 2.24) is 0 Å². The summed E-state index contributed by atoms with van der Waals surface area (Å²) in [5, 5.41) is 19.2. The number of ether oxygens (including phenoxy) is 2. The van der Waals surface area contributed by atoms with Gasteiger partial charge in [0, 0.05) is 0 Å². The minimum atomic E-state index is -1.62. The van der Waals surface area contributed by atoms with Crippen molar-refractivity contribution in [1.29, 1.82) is 0 Å². The Hall–Kier alpha value is 0.986. The zero-order valence-corrected chi connectivity index (χ0v) is 11.1. The van der Waals surface area contributed by atoms with Gasteiger partial charge in [0.1, 0.15) is 12.2 Å². The fraction of sp³-hybridized carbons (Fsp3) is 0.857. The molecule has 70 valence electrons. The fourth-order valence-electron chi connectivity index (χ4n) is 1.02. The molecule has 1 saturated heterocycles. The maximum Gasteiger partial charge on any atom is 1.00 e. The first-order valence-corrected chi connectivity index (χ1v) is 3.63. The van der Waals surface area contributed by atoms with E-state index in [2.05, 4.69) is 0 Å². The van der Waals surface area contributed by atoms with Gasteiger partial charge in [-0.2, -0.15) is 0 Å². The average molecular weight is 214 g/mol. The Kier molecular flexibility index (Phi) is 5.57. The molecule has 0 radical (unpaired) electrons. The number of hydrogen-bond donors (Lipinski definition) is 1. The molecule has 1 heterocycles. The normalized spacial score (nSPS) is 27.8. The second kappa shape index (κ2) is 5.18. The average Bonchev–Trinajstić information content (AvgIpc) is 2.28. The van der Waals surface area contributed by atoms with E-state index in [0.717, 1.165) is 0 Å². The topological polar surface area (TPSA) is 78.8 Å². The van der Waals surface area contributed by atoms with Crippen LogP contribution in [0.3, 0.4) is 0 Å². The molecule has 1 fully saturated rings. The van der Waals surface area contributed by atoms with Gasteiger partial charge in [-0.1, -0.05) is 0 Å². The summed E-state index contributed by atoms with van der Waals surface area (Å²) in [4.78, 5) is 10.2. The summed E-state index contributed by atoms with van der Waals surface area (Å²) in [5.41, 5.74) is 0. The Labute approximate surface area is 119 Å². The molecular weight excluding hydrogens is 203 g/mol. The number of aliphatic hydroxyl groups excluding tert-OH is 1. The smallest absolute Gasteiger partial charge is 0.547 e. The summed E-state index contributed by atoms with van der Waals surface area (Å²) in [5.74, 6) is -2.36. The van der Waals surface area contributed by atoms with Crippen LogP contribution in [0.15, 0.2) is 0 Å². The molecule has 1 rings (SSSR count). The standard InChI is InChI=1S/C7H12O5.K/c1-7(2)11-3-4(12-7)5(8)6(9)10;/h4-5,8H,3H2,1-2H3,(H,9,10);/q;+1/p-1/t4-,5+;/m0./s1. The Morgan fingerprint density at radius 2 is 2.23 bits per heavy atom. The van der Waals surface area contributed by atoms with Crippen LogP contribution in [0.25, 0.3) is 0 Å². The Morgan fingerprint density at radius 3 is 2.54 bits per heavy atom. The molecule has 0 saturated carbocycles. The zero-order chi connectivity index (χ0) is 9.35. The number of hydrogen-bond acceptors (Lipinski definition) is 5. The van der Waals surface area contributed by atoms with E-state index in [-0.39, 0.29) is 58.0 Å². The van der Waals surface area contributed by atoms with Crippen molar-refractivity contribution in [3.8, 4) is 0 Å². The fourth-order valence-corrected chi connectivity index (χ4v) is 1.02. The van der Waals surface area contributed by atoms with Gasteiger partial charge < -0.3 is 24.5 Å². The summed E-state index contributed by atoms with van der Waals surface area (Å²) < 4.78 is 10.1. The van der Waals surface area contributed by atoms with Crippen molar-refractivity contribution in [3.05, 3.63) is 0 Å². The predicted molar refractivity (Wildman–Crippen MR) is 35.9 cm³/mol. The SMILES string of the molecule is CC1(C)OC[C@@H]([C@@H](O)C(=O)[O-])O1.[K+]. The van der Waals surface area contributed by atoms with Crippen LogP contribution in [0.1, 0.15) is 13.8 Å². The Bertz CT molecular complexity index is 193. The second-order valence-electron chi connectivity index (χ2n) is 3.13. The molecule has 5 nitrogen and oxygen atoms in total. The summed E-state index contributed by atoms with van der Waals surface area (Å²) in [6.07, 6.45) is -2.45. The van der Waals surface area contributed by atoms with Gasteiger partial charge in [0.25, 0.3) is 0 Å². The molecule has 1 aliphatic rings. The third kappa shape index (κ3) is 3.92. The van der Waals surface area contributed by atoms with Crippen LogP contribution in [0.2, 0.25) is 0 Å². The molecule has 0 aromatic rings. The summed E-state index contributed by atoms with van der Waals surface area (Å²) >= 11 is 0. The van der Waals surface area contributed by atoms with Gasteiger partial charge in [0.2, 0.25) is 0 Å². The van der Waals surface area contributed by atoms with E-state index in [4.69, 9.17) is 14.6 Å². The molecule has 0 unspecified atom stereocenters. The molecular formula is C7H11KO5. The number of aliphatic carboxylic acids is 1. The third-order valence-corrected chi connectivity index (χ3v) is 1.62. The van der Waals surface area contributed by atoms with E-state index in [0.29, 0.717) is 0 Å². The van der Waals surface area contributed by atoms with Crippen LogP contribution >= 0.6 is 0 Å². The van der Waals surface area contributed by atoms with Gasteiger partial charge in [-0.3, -0.25) is 0 Å². The van der Waals surface area contributed by atoms with Crippen LogP contribution in [-0.2, 0) is 14.3 Å². The van der Waals surface area contributed by atoms with Crippen LogP contribution in [-0.4, -0.2) is 35.7 Å². The predicted octanol–water partition coefficient (Wildman–Crippen LogP) is -4.75. The van der Waals surface area contributed by atoms with Crippen LogP contribution in [0.4, 0.5) is 0 Å². The van der Waals surface area contributed by atoms with Crippen molar-refractivity contribution in [3.63, 3.8) is 0 Å². The van der Waals surface area contributed by atoms with Gasteiger partial charge in [0.05, 0.1) is 12.6 Å². The van der Waals surface area contributed by atoms with Gasteiger partial charge in [-0.15, -0.1) is 0 Å². The van der Waals surface area contributed by atoms with Gasteiger partial charge >= 0.3 is 51.4 Å². The van der Waals surface area contributed by atoms with Crippen LogP contribution < -0.4 is 56.5 Å². The Morgan fingerprint density at radius 1 is 1.69 bits per heavy atom. The molecule has 0 aromatic heterocycles. The first kappa shape index (κ1) is 14.0. The molecule has 0 aliphatic carbocycles. The Balaban J connectivity index is 0.00000144. The van der Waals surface area contributed by atoms with E-state index >= 15 is 0 Å². The van der Waals surface area contributed by atoms with E-state index < -0.39 is 24.0 Å². The third-order valence-electron chi connectivity index (χ3n) is 1.62. The number of rotatable bonds is 2.